The van der Waals surface area contributed by atoms with Crippen molar-refractivity contribution in [2.24, 2.45) is 5.92 Å². The first-order valence-electron chi connectivity index (χ1n) is 8.17. The first kappa shape index (κ1) is 19.6. The number of carbonyl (C=O) groups is 2. The van der Waals surface area contributed by atoms with Gasteiger partial charge in [-0.3, -0.25) is 14.9 Å². The molecule has 0 bridgehead atoms. The van der Waals surface area contributed by atoms with Gasteiger partial charge in [-0.25, -0.2) is 4.79 Å². The van der Waals surface area contributed by atoms with Crippen molar-refractivity contribution in [2.45, 2.75) is 27.2 Å². The molecule has 0 aliphatic carbocycles. The van der Waals surface area contributed by atoms with Crippen LogP contribution in [0, 0.1) is 16.0 Å². The zero-order valence-corrected chi connectivity index (χ0v) is 15.6. The number of thiophene rings is 1. The second-order valence-electron chi connectivity index (χ2n) is 6.01. The number of nitro groups is 1. The van der Waals surface area contributed by atoms with Gasteiger partial charge in [0.25, 0.3) is 11.6 Å². The normalized spacial score (nSPS) is 10.6. The number of nitro benzene ring substituents is 1. The van der Waals surface area contributed by atoms with Crippen LogP contribution in [0.5, 0.6) is 0 Å². The molecule has 1 heterocycles. The smallest absolute Gasteiger partial charge is 0.341 e. The van der Waals surface area contributed by atoms with Crippen LogP contribution in [0.4, 0.5) is 10.7 Å². The molecule has 2 aromatic rings. The third-order valence-electron chi connectivity index (χ3n) is 3.55. The number of rotatable bonds is 7. The highest BCUT2D eigenvalue weighted by atomic mass is 32.1. The minimum Gasteiger partial charge on any atom is -0.462 e. The van der Waals surface area contributed by atoms with Gasteiger partial charge in [-0.15, -0.1) is 11.3 Å². The molecule has 8 heteroatoms. The van der Waals surface area contributed by atoms with Crippen LogP contribution in [0.25, 0.3) is 0 Å². The number of hydrogen-bond acceptors (Lipinski definition) is 6. The maximum Gasteiger partial charge on any atom is 0.341 e. The number of ether oxygens (including phenoxy) is 1. The summed E-state index contributed by atoms with van der Waals surface area (Å²) in [6, 6.07) is 5.68. The van der Waals surface area contributed by atoms with Crippen molar-refractivity contribution in [2.75, 3.05) is 11.9 Å². The van der Waals surface area contributed by atoms with Gasteiger partial charge in [0.2, 0.25) is 0 Å². The predicted molar refractivity (Wildman–Crippen MR) is 99.9 cm³/mol. The fraction of sp³-hybridized carbons (Fsp3) is 0.333. The minimum atomic E-state index is -0.638. The van der Waals surface area contributed by atoms with Crippen LogP contribution in [0.15, 0.2) is 29.6 Å². The number of para-hydroxylation sites is 1. The molecule has 2 rings (SSSR count). The van der Waals surface area contributed by atoms with E-state index in [9.17, 15) is 19.7 Å². The maximum atomic E-state index is 12.5. The van der Waals surface area contributed by atoms with E-state index < -0.39 is 16.8 Å². The molecule has 0 unspecified atom stereocenters. The maximum absolute atomic E-state index is 12.5. The fourth-order valence-corrected chi connectivity index (χ4v) is 3.46. The Morgan fingerprint density at radius 1 is 1.31 bits per heavy atom. The van der Waals surface area contributed by atoms with E-state index in [-0.39, 0.29) is 17.9 Å². The number of anilines is 1. The molecule has 1 N–H and O–H groups in total. The molecule has 0 saturated heterocycles. The molecule has 26 heavy (non-hydrogen) atoms. The summed E-state index contributed by atoms with van der Waals surface area (Å²) >= 11 is 1.21. The SMILES string of the molecule is CCOC(=O)c1c(CC(C)C)csc1NC(=O)c1ccccc1[N+](=O)[O-]. The minimum absolute atomic E-state index is 0.0638. The molecule has 0 saturated carbocycles. The molecular formula is C18H20N2O5S. The Hall–Kier alpha value is -2.74. The molecule has 0 atom stereocenters. The van der Waals surface area contributed by atoms with Gasteiger partial charge in [-0.05, 0) is 36.3 Å². The summed E-state index contributed by atoms with van der Waals surface area (Å²) < 4.78 is 5.11. The number of esters is 1. The van der Waals surface area contributed by atoms with Crippen LogP contribution in [-0.2, 0) is 11.2 Å². The third kappa shape index (κ3) is 4.45. The Bertz CT molecular complexity index is 829. The number of nitrogens with zero attached hydrogens (tertiary/aromatic N) is 1. The van der Waals surface area contributed by atoms with Crippen LogP contribution >= 0.6 is 11.3 Å². The van der Waals surface area contributed by atoms with Crippen molar-refractivity contribution < 1.29 is 19.2 Å². The lowest BCUT2D eigenvalue weighted by Gasteiger charge is -2.10. The first-order valence-corrected chi connectivity index (χ1v) is 9.05. The van der Waals surface area contributed by atoms with Crippen molar-refractivity contribution in [3.8, 4) is 0 Å². The summed E-state index contributed by atoms with van der Waals surface area (Å²) in [6.07, 6.45) is 0.659. The summed E-state index contributed by atoms with van der Waals surface area (Å²) in [7, 11) is 0. The van der Waals surface area contributed by atoms with Crippen LogP contribution in [0.3, 0.4) is 0 Å². The van der Waals surface area contributed by atoms with Crippen molar-refractivity contribution in [3.05, 3.63) is 56.5 Å². The van der Waals surface area contributed by atoms with Crippen molar-refractivity contribution in [3.63, 3.8) is 0 Å². The Labute approximate surface area is 155 Å². The summed E-state index contributed by atoms with van der Waals surface area (Å²) in [4.78, 5) is 35.4. The molecule has 0 spiro atoms. The fourth-order valence-electron chi connectivity index (χ4n) is 2.50. The van der Waals surface area contributed by atoms with E-state index in [1.165, 1.54) is 29.5 Å². The van der Waals surface area contributed by atoms with Gasteiger partial charge >= 0.3 is 5.97 Å². The zero-order valence-electron chi connectivity index (χ0n) is 14.8. The molecular weight excluding hydrogens is 356 g/mol. The molecule has 0 radical (unpaired) electrons. The molecule has 7 nitrogen and oxygen atoms in total. The Kier molecular flexibility index (Phi) is 6.46. The summed E-state index contributed by atoms with van der Waals surface area (Å²) in [6.45, 7) is 5.97. The molecule has 0 aliphatic heterocycles. The first-order chi connectivity index (χ1) is 12.3. The van der Waals surface area contributed by atoms with E-state index in [1.54, 1.807) is 18.4 Å². The summed E-state index contributed by atoms with van der Waals surface area (Å²) in [5.74, 6) is -0.834. The lowest BCUT2D eigenvalue weighted by molar-refractivity contribution is -0.385. The standard InChI is InChI=1S/C18H20N2O5S/c1-4-25-18(22)15-12(9-11(2)3)10-26-17(15)19-16(21)13-7-5-6-8-14(13)20(23)24/h5-8,10-11H,4,9H2,1-3H3,(H,19,21). The van der Waals surface area contributed by atoms with Crippen molar-refractivity contribution in [1.82, 2.24) is 0 Å². The van der Waals surface area contributed by atoms with E-state index in [2.05, 4.69) is 5.32 Å². The summed E-state index contributed by atoms with van der Waals surface area (Å²) in [5, 5.41) is 15.9. The van der Waals surface area contributed by atoms with Crippen LogP contribution in [-0.4, -0.2) is 23.4 Å². The highest BCUT2D eigenvalue weighted by Gasteiger charge is 2.25. The third-order valence-corrected chi connectivity index (χ3v) is 4.49. The van der Waals surface area contributed by atoms with Crippen LogP contribution in [0.2, 0.25) is 0 Å². The van der Waals surface area contributed by atoms with E-state index in [0.717, 1.165) is 5.56 Å². The highest BCUT2D eigenvalue weighted by Crippen LogP contribution is 2.32. The number of amides is 1. The van der Waals surface area contributed by atoms with Gasteiger partial charge in [0, 0.05) is 6.07 Å². The number of nitrogens with one attached hydrogen (secondary N) is 1. The van der Waals surface area contributed by atoms with Crippen molar-refractivity contribution in [1.29, 1.82) is 0 Å². The lowest BCUT2D eigenvalue weighted by Crippen LogP contribution is -2.16. The summed E-state index contributed by atoms with van der Waals surface area (Å²) in [5.41, 5.74) is 0.756. The molecule has 0 aliphatic rings. The molecule has 1 aromatic carbocycles. The van der Waals surface area contributed by atoms with Gasteiger partial charge in [-0.2, -0.15) is 0 Å². The van der Waals surface area contributed by atoms with E-state index in [1.807, 2.05) is 13.8 Å². The van der Waals surface area contributed by atoms with E-state index >= 15 is 0 Å². The van der Waals surface area contributed by atoms with Gasteiger partial charge in [0.05, 0.1) is 17.1 Å². The van der Waals surface area contributed by atoms with Gasteiger partial charge in [0.1, 0.15) is 10.6 Å². The molecule has 1 amide bonds. The second kappa shape index (κ2) is 8.57. The number of benzene rings is 1. The van der Waals surface area contributed by atoms with Crippen LogP contribution in [0.1, 0.15) is 47.1 Å². The number of hydrogen-bond donors (Lipinski definition) is 1. The average molecular weight is 376 g/mol. The van der Waals surface area contributed by atoms with E-state index in [4.69, 9.17) is 4.74 Å². The van der Waals surface area contributed by atoms with Gasteiger partial charge in [0.15, 0.2) is 0 Å². The molecule has 0 fully saturated rings. The lowest BCUT2D eigenvalue weighted by atomic mass is 10.0. The zero-order chi connectivity index (χ0) is 19.3. The second-order valence-corrected chi connectivity index (χ2v) is 6.89. The van der Waals surface area contributed by atoms with E-state index in [0.29, 0.717) is 22.9 Å². The molecule has 1 aromatic heterocycles. The monoisotopic (exact) mass is 376 g/mol. The van der Waals surface area contributed by atoms with Gasteiger partial charge in [-0.1, -0.05) is 26.0 Å². The largest absolute Gasteiger partial charge is 0.462 e. The Morgan fingerprint density at radius 2 is 2.00 bits per heavy atom. The predicted octanol–water partition coefficient (Wildman–Crippen LogP) is 4.28. The topological polar surface area (TPSA) is 98.5 Å². The van der Waals surface area contributed by atoms with Crippen molar-refractivity contribution >= 4 is 33.9 Å². The number of carbonyl (C=O) groups excluding carboxylic acids is 2. The van der Waals surface area contributed by atoms with Crippen LogP contribution < -0.4 is 5.32 Å². The molecule has 138 valence electrons. The Morgan fingerprint density at radius 3 is 2.62 bits per heavy atom. The average Bonchev–Trinajstić information content (AvgIpc) is 2.96. The van der Waals surface area contributed by atoms with Gasteiger partial charge < -0.3 is 10.1 Å². The quantitative estimate of drug-likeness (QED) is 0.442. The highest BCUT2D eigenvalue weighted by molar-refractivity contribution is 7.15. The Balaban J connectivity index is 2.37.